The van der Waals surface area contributed by atoms with Crippen molar-refractivity contribution in [2.24, 2.45) is 0 Å². The SMILES string of the molecule is Cc1ccccc1CC(Br)c1ccc(I)c(Cl)c1. The third-order valence-corrected chi connectivity index (χ3v) is 5.39. The molecule has 2 aromatic carbocycles. The second-order valence-electron chi connectivity index (χ2n) is 4.27. The molecule has 2 aromatic rings. The summed E-state index contributed by atoms with van der Waals surface area (Å²) in [4.78, 5) is 0.299. The van der Waals surface area contributed by atoms with E-state index < -0.39 is 0 Å². The first kappa shape index (κ1) is 14.4. The van der Waals surface area contributed by atoms with Gasteiger partial charge in [-0.2, -0.15) is 0 Å². The van der Waals surface area contributed by atoms with Crippen molar-refractivity contribution in [3.63, 3.8) is 0 Å². The highest BCUT2D eigenvalue weighted by atomic mass is 127. The van der Waals surface area contributed by atoms with Gasteiger partial charge in [-0.05, 0) is 64.8 Å². The molecular formula is C15H13BrClI. The van der Waals surface area contributed by atoms with E-state index >= 15 is 0 Å². The Morgan fingerprint density at radius 3 is 2.61 bits per heavy atom. The van der Waals surface area contributed by atoms with E-state index in [2.05, 4.69) is 81.8 Å². The Bertz CT molecular complexity index is 554. The van der Waals surface area contributed by atoms with Crippen LogP contribution in [0.5, 0.6) is 0 Å². The topological polar surface area (TPSA) is 0 Å². The van der Waals surface area contributed by atoms with Gasteiger partial charge in [-0.15, -0.1) is 0 Å². The van der Waals surface area contributed by atoms with Crippen LogP contribution < -0.4 is 0 Å². The van der Waals surface area contributed by atoms with E-state index in [0.29, 0.717) is 4.83 Å². The van der Waals surface area contributed by atoms with Crippen LogP contribution in [0, 0.1) is 10.5 Å². The number of hydrogen-bond donors (Lipinski definition) is 0. The number of rotatable bonds is 3. The van der Waals surface area contributed by atoms with Crippen molar-refractivity contribution < 1.29 is 0 Å². The molecule has 0 bridgehead atoms. The van der Waals surface area contributed by atoms with Crippen molar-refractivity contribution in [1.82, 2.24) is 0 Å². The molecule has 94 valence electrons. The summed E-state index contributed by atoms with van der Waals surface area (Å²) in [6.45, 7) is 2.15. The maximum absolute atomic E-state index is 6.16. The maximum Gasteiger partial charge on any atom is 0.0542 e. The quantitative estimate of drug-likeness (QED) is 0.414. The lowest BCUT2D eigenvalue weighted by Gasteiger charge is -2.13. The molecule has 0 aliphatic carbocycles. The van der Waals surface area contributed by atoms with Crippen LogP contribution in [0.2, 0.25) is 5.02 Å². The van der Waals surface area contributed by atoms with E-state index in [0.717, 1.165) is 15.0 Å². The molecule has 0 N–H and O–H groups in total. The molecule has 0 nitrogen and oxygen atoms in total. The van der Waals surface area contributed by atoms with E-state index in [4.69, 9.17) is 11.6 Å². The first-order chi connectivity index (χ1) is 8.58. The van der Waals surface area contributed by atoms with Crippen LogP contribution in [0.1, 0.15) is 21.5 Å². The molecule has 0 amide bonds. The number of benzene rings is 2. The van der Waals surface area contributed by atoms with Gasteiger partial charge in [-0.25, -0.2) is 0 Å². The summed E-state index contributed by atoms with van der Waals surface area (Å²) in [6, 6.07) is 14.7. The van der Waals surface area contributed by atoms with Gasteiger partial charge < -0.3 is 0 Å². The predicted octanol–water partition coefficient (Wildman–Crippen LogP) is 5.93. The van der Waals surface area contributed by atoms with E-state index in [-0.39, 0.29) is 0 Å². The summed E-state index contributed by atoms with van der Waals surface area (Å²) < 4.78 is 1.09. The summed E-state index contributed by atoms with van der Waals surface area (Å²) in [5, 5.41) is 0.822. The normalized spacial score (nSPS) is 12.4. The first-order valence-electron chi connectivity index (χ1n) is 5.71. The first-order valence-corrected chi connectivity index (χ1v) is 8.08. The highest BCUT2D eigenvalue weighted by molar-refractivity contribution is 14.1. The summed E-state index contributed by atoms with van der Waals surface area (Å²) in [5.41, 5.74) is 3.93. The minimum absolute atomic E-state index is 0.299. The van der Waals surface area contributed by atoms with Crippen LogP contribution in [0.15, 0.2) is 42.5 Å². The van der Waals surface area contributed by atoms with Crippen molar-refractivity contribution >= 4 is 50.1 Å². The monoisotopic (exact) mass is 434 g/mol. The van der Waals surface area contributed by atoms with Crippen molar-refractivity contribution in [2.75, 3.05) is 0 Å². The molecule has 0 aliphatic rings. The smallest absolute Gasteiger partial charge is 0.0542 e. The fourth-order valence-corrected chi connectivity index (χ4v) is 3.02. The van der Waals surface area contributed by atoms with Gasteiger partial charge in [0.25, 0.3) is 0 Å². The average Bonchev–Trinajstić information content (AvgIpc) is 2.35. The zero-order valence-electron chi connectivity index (χ0n) is 9.96. The van der Waals surface area contributed by atoms with Crippen LogP contribution in [0.25, 0.3) is 0 Å². The van der Waals surface area contributed by atoms with Crippen LogP contribution in [-0.2, 0) is 6.42 Å². The lowest BCUT2D eigenvalue weighted by Crippen LogP contribution is -1.97. The van der Waals surface area contributed by atoms with Crippen LogP contribution >= 0.6 is 50.1 Å². The second kappa shape index (κ2) is 6.40. The molecule has 0 spiro atoms. The molecule has 0 saturated heterocycles. The fraction of sp³-hybridized carbons (Fsp3) is 0.200. The molecule has 0 radical (unpaired) electrons. The van der Waals surface area contributed by atoms with Gasteiger partial charge in [0.2, 0.25) is 0 Å². The molecule has 0 heterocycles. The van der Waals surface area contributed by atoms with Crippen LogP contribution in [-0.4, -0.2) is 0 Å². The molecule has 0 fully saturated rings. The lowest BCUT2D eigenvalue weighted by molar-refractivity contribution is 0.938. The molecule has 0 saturated carbocycles. The summed E-state index contributed by atoms with van der Waals surface area (Å²) in [7, 11) is 0. The average molecular weight is 436 g/mol. The van der Waals surface area contributed by atoms with Crippen LogP contribution in [0.4, 0.5) is 0 Å². The number of aryl methyl sites for hydroxylation is 1. The van der Waals surface area contributed by atoms with E-state index in [1.54, 1.807) is 0 Å². The minimum atomic E-state index is 0.299. The van der Waals surface area contributed by atoms with Crippen molar-refractivity contribution in [3.05, 3.63) is 67.7 Å². The number of halogens is 3. The van der Waals surface area contributed by atoms with Gasteiger partial charge in [0.15, 0.2) is 0 Å². The highest BCUT2D eigenvalue weighted by Crippen LogP contribution is 2.31. The Balaban J connectivity index is 2.19. The molecule has 2 rings (SSSR count). The van der Waals surface area contributed by atoms with Gasteiger partial charge in [0.05, 0.1) is 5.02 Å². The number of alkyl halides is 1. The Morgan fingerprint density at radius 2 is 1.94 bits per heavy atom. The molecule has 0 aromatic heterocycles. The summed E-state index contributed by atoms with van der Waals surface area (Å²) in [6.07, 6.45) is 0.976. The standard InChI is InChI=1S/C15H13BrClI/c1-10-4-2-3-5-11(10)8-13(16)12-6-7-15(18)14(17)9-12/h2-7,9,13H,8H2,1H3. The highest BCUT2D eigenvalue weighted by Gasteiger charge is 2.11. The Labute approximate surface area is 135 Å². The largest absolute Gasteiger partial charge is 0.0835 e. The molecule has 0 aliphatic heterocycles. The summed E-state index contributed by atoms with van der Waals surface area (Å²) >= 11 is 12.2. The number of hydrogen-bond acceptors (Lipinski definition) is 0. The lowest BCUT2D eigenvalue weighted by atomic mass is 10.0. The van der Waals surface area contributed by atoms with Gasteiger partial charge in [-0.1, -0.05) is 57.9 Å². The van der Waals surface area contributed by atoms with Crippen molar-refractivity contribution in [1.29, 1.82) is 0 Å². The third-order valence-electron chi connectivity index (χ3n) is 2.97. The molecule has 1 atom stereocenters. The Kier molecular flexibility index (Phi) is 5.10. The molecule has 3 heteroatoms. The Morgan fingerprint density at radius 1 is 1.22 bits per heavy atom. The van der Waals surface area contributed by atoms with E-state index in [1.807, 2.05) is 6.07 Å². The predicted molar refractivity (Wildman–Crippen MR) is 90.7 cm³/mol. The van der Waals surface area contributed by atoms with E-state index in [9.17, 15) is 0 Å². The molecule has 18 heavy (non-hydrogen) atoms. The van der Waals surface area contributed by atoms with Gasteiger partial charge in [0.1, 0.15) is 0 Å². The van der Waals surface area contributed by atoms with Gasteiger partial charge >= 0.3 is 0 Å². The zero-order chi connectivity index (χ0) is 13.1. The van der Waals surface area contributed by atoms with Crippen LogP contribution in [0.3, 0.4) is 0 Å². The molecule has 1 unspecified atom stereocenters. The van der Waals surface area contributed by atoms with Crippen molar-refractivity contribution in [3.8, 4) is 0 Å². The zero-order valence-corrected chi connectivity index (χ0v) is 14.5. The second-order valence-corrected chi connectivity index (χ2v) is 6.95. The minimum Gasteiger partial charge on any atom is -0.0835 e. The third kappa shape index (κ3) is 3.49. The Hall–Kier alpha value is -0.0600. The van der Waals surface area contributed by atoms with Crippen molar-refractivity contribution in [2.45, 2.75) is 18.2 Å². The maximum atomic E-state index is 6.16. The fourth-order valence-electron chi connectivity index (χ4n) is 1.86. The molecular weight excluding hydrogens is 422 g/mol. The summed E-state index contributed by atoms with van der Waals surface area (Å²) in [5.74, 6) is 0. The van der Waals surface area contributed by atoms with Gasteiger partial charge in [-0.3, -0.25) is 0 Å². The van der Waals surface area contributed by atoms with Gasteiger partial charge in [0, 0.05) is 8.40 Å². The van der Waals surface area contributed by atoms with E-state index in [1.165, 1.54) is 16.7 Å².